The largest absolute Gasteiger partial charge is 0.392 e. The third-order valence-corrected chi connectivity index (χ3v) is 3.15. The number of H-pyrrole nitrogens is 1. The van der Waals surface area contributed by atoms with Gasteiger partial charge in [0.2, 0.25) is 0 Å². The maximum Gasteiger partial charge on any atom is 0.0718 e. The molecule has 2 rings (SSSR count). The van der Waals surface area contributed by atoms with Crippen molar-refractivity contribution in [2.24, 2.45) is 0 Å². The fourth-order valence-corrected chi connectivity index (χ4v) is 2.07. The average Bonchev–Trinajstić information content (AvgIpc) is 2.44. The Balaban J connectivity index is 2.30. The maximum atomic E-state index is 9.35. The summed E-state index contributed by atoms with van der Waals surface area (Å²) in [6, 6.07) is 0. The molecule has 0 bridgehead atoms. The van der Waals surface area contributed by atoms with Crippen LogP contribution in [-0.2, 0) is 6.61 Å². The molecule has 0 saturated heterocycles. The minimum Gasteiger partial charge on any atom is -0.392 e. The summed E-state index contributed by atoms with van der Waals surface area (Å²) in [5.74, 6) is 1.01. The van der Waals surface area contributed by atoms with Crippen LogP contribution in [0.4, 0.5) is 0 Å². The van der Waals surface area contributed by atoms with Crippen LogP contribution in [0.1, 0.15) is 61.9 Å². The van der Waals surface area contributed by atoms with Gasteiger partial charge in [-0.3, -0.25) is 5.10 Å². The first-order chi connectivity index (χ1) is 6.74. The average molecular weight is 194 g/mol. The Morgan fingerprint density at radius 3 is 2.64 bits per heavy atom. The summed E-state index contributed by atoms with van der Waals surface area (Å²) in [6.45, 7) is 4.34. The summed E-state index contributed by atoms with van der Waals surface area (Å²) in [4.78, 5) is 0. The van der Waals surface area contributed by atoms with Gasteiger partial charge in [-0.25, -0.2) is 0 Å². The number of rotatable bonds is 3. The summed E-state index contributed by atoms with van der Waals surface area (Å²) in [7, 11) is 0. The number of nitrogens with zero attached hydrogens (tertiary/aromatic N) is 1. The molecule has 1 aromatic rings. The highest BCUT2D eigenvalue weighted by molar-refractivity contribution is 5.30. The first-order valence-corrected chi connectivity index (χ1v) is 5.42. The minimum atomic E-state index is 0.121. The highest BCUT2D eigenvalue weighted by atomic mass is 16.3. The summed E-state index contributed by atoms with van der Waals surface area (Å²) in [5.41, 5.74) is 3.27. The summed E-state index contributed by atoms with van der Waals surface area (Å²) in [6.07, 6.45) is 3.80. The molecular weight excluding hydrogens is 176 g/mol. The molecule has 1 aromatic heterocycles. The van der Waals surface area contributed by atoms with Gasteiger partial charge in [0.25, 0.3) is 0 Å². The van der Waals surface area contributed by atoms with Gasteiger partial charge in [0.05, 0.1) is 12.3 Å². The molecule has 1 fully saturated rings. The lowest BCUT2D eigenvalue weighted by Gasteiger charge is -2.25. The van der Waals surface area contributed by atoms with Gasteiger partial charge in [0.1, 0.15) is 0 Å². The molecule has 14 heavy (non-hydrogen) atoms. The van der Waals surface area contributed by atoms with Gasteiger partial charge in [0.15, 0.2) is 0 Å². The van der Waals surface area contributed by atoms with Crippen LogP contribution < -0.4 is 0 Å². The quantitative estimate of drug-likeness (QED) is 0.775. The molecule has 0 radical (unpaired) electrons. The molecule has 3 nitrogen and oxygen atoms in total. The highest BCUT2D eigenvalue weighted by Gasteiger charge is 2.26. The third-order valence-electron chi connectivity index (χ3n) is 3.15. The van der Waals surface area contributed by atoms with Gasteiger partial charge >= 0.3 is 0 Å². The summed E-state index contributed by atoms with van der Waals surface area (Å²) >= 11 is 0. The van der Waals surface area contributed by atoms with E-state index in [0.717, 1.165) is 11.3 Å². The molecule has 0 amide bonds. The first kappa shape index (κ1) is 9.71. The lowest BCUT2D eigenvalue weighted by Crippen LogP contribution is -2.11. The second-order valence-corrected chi connectivity index (χ2v) is 4.44. The van der Waals surface area contributed by atoms with E-state index in [1.165, 1.54) is 25.0 Å². The minimum absolute atomic E-state index is 0.121. The van der Waals surface area contributed by atoms with Crippen molar-refractivity contribution in [3.05, 3.63) is 17.0 Å². The number of aromatic amines is 1. The Hall–Kier alpha value is -0.830. The van der Waals surface area contributed by atoms with Crippen LogP contribution in [0.2, 0.25) is 0 Å². The molecule has 0 unspecified atom stereocenters. The molecule has 0 atom stereocenters. The molecule has 0 spiro atoms. The molecule has 78 valence electrons. The predicted octanol–water partition coefficient (Wildman–Crippen LogP) is 2.29. The fraction of sp³-hybridized carbons (Fsp3) is 0.727. The molecule has 3 heteroatoms. The molecule has 0 aliphatic heterocycles. The Morgan fingerprint density at radius 1 is 1.50 bits per heavy atom. The number of aliphatic hydroxyl groups is 1. The first-order valence-electron chi connectivity index (χ1n) is 5.42. The molecule has 2 N–H and O–H groups in total. The van der Waals surface area contributed by atoms with Crippen molar-refractivity contribution in [1.29, 1.82) is 0 Å². The van der Waals surface area contributed by atoms with Crippen LogP contribution >= 0.6 is 0 Å². The standard InChI is InChI=1S/C11H18N2O/c1-7(2)10-9(6-14)11(13-12-10)8-4-3-5-8/h7-8,14H,3-6H2,1-2H3,(H,12,13). The van der Waals surface area contributed by atoms with E-state index >= 15 is 0 Å². The SMILES string of the molecule is CC(C)c1n[nH]c(C2CCC2)c1CO. The van der Waals surface area contributed by atoms with Gasteiger partial charge in [-0.2, -0.15) is 5.10 Å². The van der Waals surface area contributed by atoms with E-state index in [1.807, 2.05) is 0 Å². The van der Waals surface area contributed by atoms with Crippen molar-refractivity contribution < 1.29 is 5.11 Å². The second-order valence-electron chi connectivity index (χ2n) is 4.44. The van der Waals surface area contributed by atoms with Gasteiger partial charge in [-0.05, 0) is 18.8 Å². The maximum absolute atomic E-state index is 9.35. The van der Waals surface area contributed by atoms with Gasteiger partial charge in [-0.1, -0.05) is 20.3 Å². The second kappa shape index (κ2) is 3.73. The lowest BCUT2D eigenvalue weighted by atomic mass is 9.81. The van der Waals surface area contributed by atoms with E-state index in [1.54, 1.807) is 0 Å². The summed E-state index contributed by atoms with van der Waals surface area (Å²) < 4.78 is 0. The molecular formula is C11H18N2O. The zero-order valence-electron chi connectivity index (χ0n) is 8.88. The van der Waals surface area contributed by atoms with E-state index in [2.05, 4.69) is 24.0 Å². The van der Waals surface area contributed by atoms with Gasteiger partial charge in [0, 0.05) is 17.2 Å². The number of aliphatic hydroxyl groups excluding tert-OH is 1. The molecule has 1 aliphatic carbocycles. The number of hydrogen-bond acceptors (Lipinski definition) is 2. The zero-order chi connectivity index (χ0) is 10.1. The van der Waals surface area contributed by atoms with E-state index < -0.39 is 0 Å². The molecule has 0 aromatic carbocycles. The van der Waals surface area contributed by atoms with Crippen LogP contribution in [-0.4, -0.2) is 15.3 Å². The third kappa shape index (κ3) is 1.46. The van der Waals surface area contributed by atoms with E-state index in [-0.39, 0.29) is 6.61 Å². The zero-order valence-corrected chi connectivity index (χ0v) is 8.88. The Morgan fingerprint density at radius 2 is 2.21 bits per heavy atom. The van der Waals surface area contributed by atoms with Crippen LogP contribution in [0.3, 0.4) is 0 Å². The number of hydrogen-bond donors (Lipinski definition) is 2. The smallest absolute Gasteiger partial charge is 0.0718 e. The lowest BCUT2D eigenvalue weighted by molar-refractivity contribution is 0.275. The van der Waals surface area contributed by atoms with Crippen molar-refractivity contribution in [3.63, 3.8) is 0 Å². The predicted molar refractivity (Wildman–Crippen MR) is 55.2 cm³/mol. The number of nitrogens with one attached hydrogen (secondary N) is 1. The van der Waals surface area contributed by atoms with Gasteiger partial charge < -0.3 is 5.11 Å². The van der Waals surface area contributed by atoms with Crippen LogP contribution in [0.15, 0.2) is 0 Å². The normalized spacial score (nSPS) is 17.4. The van der Waals surface area contributed by atoms with Crippen molar-refractivity contribution in [1.82, 2.24) is 10.2 Å². The molecule has 1 saturated carbocycles. The van der Waals surface area contributed by atoms with Gasteiger partial charge in [-0.15, -0.1) is 0 Å². The summed E-state index contributed by atoms with van der Waals surface area (Å²) in [5, 5.41) is 16.7. The fourth-order valence-electron chi connectivity index (χ4n) is 2.07. The van der Waals surface area contributed by atoms with Crippen LogP contribution in [0.25, 0.3) is 0 Å². The van der Waals surface area contributed by atoms with Crippen molar-refractivity contribution in [2.45, 2.75) is 51.6 Å². The van der Waals surface area contributed by atoms with E-state index in [0.29, 0.717) is 11.8 Å². The monoisotopic (exact) mass is 194 g/mol. The van der Waals surface area contributed by atoms with Crippen LogP contribution in [0.5, 0.6) is 0 Å². The van der Waals surface area contributed by atoms with Crippen LogP contribution in [0, 0.1) is 0 Å². The highest BCUT2D eigenvalue weighted by Crippen LogP contribution is 2.38. The molecule has 1 heterocycles. The Kier molecular flexibility index (Phi) is 2.59. The van der Waals surface area contributed by atoms with E-state index in [9.17, 15) is 5.11 Å². The van der Waals surface area contributed by atoms with Crippen molar-refractivity contribution in [2.75, 3.05) is 0 Å². The van der Waals surface area contributed by atoms with Crippen molar-refractivity contribution >= 4 is 0 Å². The molecule has 1 aliphatic rings. The Labute approximate surface area is 84.5 Å². The Bertz CT molecular complexity index is 313. The topological polar surface area (TPSA) is 48.9 Å². The number of aromatic nitrogens is 2. The van der Waals surface area contributed by atoms with Crippen molar-refractivity contribution in [3.8, 4) is 0 Å². The van der Waals surface area contributed by atoms with E-state index in [4.69, 9.17) is 0 Å².